The van der Waals surface area contributed by atoms with Gasteiger partial charge in [-0.3, -0.25) is 4.79 Å². The lowest BCUT2D eigenvalue weighted by atomic mass is 9.86. The van der Waals surface area contributed by atoms with Gasteiger partial charge >= 0.3 is 12.0 Å². The zero-order valence-electron chi connectivity index (χ0n) is 12.2. The average Bonchev–Trinajstić information content (AvgIpc) is 2.91. The van der Waals surface area contributed by atoms with Gasteiger partial charge in [-0.25, -0.2) is 4.79 Å². The van der Waals surface area contributed by atoms with E-state index in [1.165, 1.54) is 0 Å². The number of hydrogen-bond acceptors (Lipinski definition) is 2. The van der Waals surface area contributed by atoms with Crippen molar-refractivity contribution in [1.29, 1.82) is 0 Å². The predicted molar refractivity (Wildman–Crippen MR) is 82.6 cm³/mol. The van der Waals surface area contributed by atoms with Gasteiger partial charge in [-0.05, 0) is 48.9 Å². The molecular weight excluding hydrogens is 304 g/mol. The molecule has 1 fully saturated rings. The first-order chi connectivity index (χ1) is 10.5. The molecule has 0 radical (unpaired) electrons. The number of aliphatic carboxylic acids is 1. The minimum Gasteiger partial charge on any atom is -0.481 e. The molecule has 6 heteroatoms. The molecule has 1 saturated carbocycles. The molecule has 2 N–H and O–H groups in total. The zero-order chi connectivity index (χ0) is 15.7. The highest BCUT2D eigenvalue weighted by molar-refractivity contribution is 6.30. The van der Waals surface area contributed by atoms with Crippen molar-refractivity contribution >= 4 is 23.6 Å². The Kier molecular flexibility index (Phi) is 4.25. The van der Waals surface area contributed by atoms with E-state index in [0.29, 0.717) is 31.0 Å². The van der Waals surface area contributed by atoms with E-state index in [0.717, 1.165) is 24.0 Å². The molecule has 1 aromatic rings. The van der Waals surface area contributed by atoms with E-state index < -0.39 is 5.97 Å². The first-order valence-electron chi connectivity index (χ1n) is 7.58. The van der Waals surface area contributed by atoms with E-state index >= 15 is 0 Å². The number of carboxylic acids is 1. The molecule has 0 spiro atoms. The lowest BCUT2D eigenvalue weighted by molar-refractivity contribution is -0.142. The molecule has 3 rings (SSSR count). The predicted octanol–water partition coefficient (Wildman–Crippen LogP) is 3.01. The highest BCUT2D eigenvalue weighted by Crippen LogP contribution is 2.27. The van der Waals surface area contributed by atoms with E-state index in [2.05, 4.69) is 5.32 Å². The van der Waals surface area contributed by atoms with Gasteiger partial charge in [0.05, 0.1) is 5.92 Å². The Morgan fingerprint density at radius 3 is 2.50 bits per heavy atom. The van der Waals surface area contributed by atoms with E-state index in [9.17, 15) is 9.59 Å². The quantitative estimate of drug-likeness (QED) is 0.879. The van der Waals surface area contributed by atoms with Crippen molar-refractivity contribution in [3.8, 4) is 0 Å². The van der Waals surface area contributed by atoms with Crippen molar-refractivity contribution in [2.75, 3.05) is 0 Å². The summed E-state index contributed by atoms with van der Waals surface area (Å²) in [5.74, 6) is -0.983. The third kappa shape index (κ3) is 3.19. The number of carbonyl (C=O) groups is 2. The summed E-state index contributed by atoms with van der Waals surface area (Å²) in [7, 11) is 0. The van der Waals surface area contributed by atoms with Crippen LogP contribution in [0.3, 0.4) is 0 Å². The number of fused-ring (bicyclic) bond motifs is 1. The molecule has 1 aliphatic carbocycles. The second-order valence-corrected chi connectivity index (χ2v) is 6.54. The van der Waals surface area contributed by atoms with Crippen LogP contribution in [0, 0.1) is 5.92 Å². The second kappa shape index (κ2) is 6.16. The van der Waals surface area contributed by atoms with Gasteiger partial charge in [-0.15, -0.1) is 0 Å². The van der Waals surface area contributed by atoms with Crippen molar-refractivity contribution in [2.45, 2.75) is 44.8 Å². The summed E-state index contributed by atoms with van der Waals surface area (Å²) in [4.78, 5) is 25.1. The summed E-state index contributed by atoms with van der Waals surface area (Å²) < 4.78 is 0. The largest absolute Gasteiger partial charge is 0.481 e. The number of amides is 2. The van der Waals surface area contributed by atoms with Crippen LogP contribution in [-0.2, 0) is 17.9 Å². The van der Waals surface area contributed by atoms with Gasteiger partial charge in [-0.1, -0.05) is 17.7 Å². The van der Waals surface area contributed by atoms with E-state index in [-0.39, 0.29) is 18.0 Å². The van der Waals surface area contributed by atoms with Crippen molar-refractivity contribution in [1.82, 2.24) is 10.2 Å². The Morgan fingerprint density at radius 1 is 1.14 bits per heavy atom. The number of benzene rings is 1. The molecule has 22 heavy (non-hydrogen) atoms. The topological polar surface area (TPSA) is 69.6 Å². The van der Waals surface area contributed by atoms with Gasteiger partial charge < -0.3 is 15.3 Å². The van der Waals surface area contributed by atoms with Crippen molar-refractivity contribution in [3.63, 3.8) is 0 Å². The van der Waals surface area contributed by atoms with Crippen LogP contribution >= 0.6 is 11.6 Å². The number of carboxylic acid groups (broad SMARTS) is 1. The number of carbonyl (C=O) groups excluding carboxylic acids is 1. The molecule has 0 unspecified atom stereocenters. The van der Waals surface area contributed by atoms with Gasteiger partial charge in [0.15, 0.2) is 0 Å². The van der Waals surface area contributed by atoms with Crippen LogP contribution in [0.2, 0.25) is 5.02 Å². The zero-order valence-corrected chi connectivity index (χ0v) is 13.0. The Bertz CT molecular complexity index is 597. The van der Waals surface area contributed by atoms with Crippen LogP contribution in [-0.4, -0.2) is 28.0 Å². The number of nitrogens with one attached hydrogen (secondary N) is 1. The number of nitrogens with zero attached hydrogens (tertiary/aromatic N) is 1. The van der Waals surface area contributed by atoms with Crippen molar-refractivity contribution < 1.29 is 14.7 Å². The minimum atomic E-state index is -0.725. The standard InChI is InChI=1S/C16H19ClN2O3/c17-13-4-1-11-8-19(9-12(11)7-13)16(22)18-14-5-2-10(3-6-14)15(20)21/h1,4,7,10,14H,2-3,5-6,8-9H2,(H,18,22)(H,20,21). The minimum absolute atomic E-state index is 0.0777. The van der Waals surface area contributed by atoms with Gasteiger partial charge in [0.25, 0.3) is 0 Å². The van der Waals surface area contributed by atoms with Crippen LogP contribution in [0.1, 0.15) is 36.8 Å². The maximum absolute atomic E-state index is 12.3. The fourth-order valence-corrected chi connectivity index (χ4v) is 3.45. The summed E-state index contributed by atoms with van der Waals surface area (Å²) in [6.07, 6.45) is 2.73. The molecule has 0 bridgehead atoms. The van der Waals surface area contributed by atoms with Crippen LogP contribution in [0.15, 0.2) is 18.2 Å². The second-order valence-electron chi connectivity index (χ2n) is 6.11. The van der Waals surface area contributed by atoms with Gasteiger partial charge in [0.1, 0.15) is 0 Å². The maximum atomic E-state index is 12.3. The molecule has 5 nitrogen and oxygen atoms in total. The highest BCUT2D eigenvalue weighted by atomic mass is 35.5. The Balaban J connectivity index is 1.53. The SMILES string of the molecule is O=C(O)C1CCC(NC(=O)N2Cc3ccc(Cl)cc3C2)CC1. The highest BCUT2D eigenvalue weighted by Gasteiger charge is 2.29. The Labute approximate surface area is 134 Å². The number of hydrogen-bond donors (Lipinski definition) is 2. The molecule has 1 heterocycles. The maximum Gasteiger partial charge on any atom is 0.318 e. The van der Waals surface area contributed by atoms with E-state index in [1.54, 1.807) is 4.90 Å². The van der Waals surface area contributed by atoms with Crippen LogP contribution in [0.25, 0.3) is 0 Å². The van der Waals surface area contributed by atoms with E-state index in [1.807, 2.05) is 18.2 Å². The molecule has 118 valence electrons. The van der Waals surface area contributed by atoms with E-state index in [4.69, 9.17) is 16.7 Å². The lowest BCUT2D eigenvalue weighted by Crippen LogP contribution is -2.44. The first kappa shape index (κ1) is 15.2. The first-order valence-corrected chi connectivity index (χ1v) is 7.96. The molecular formula is C16H19ClN2O3. The number of urea groups is 1. The molecule has 1 aliphatic heterocycles. The lowest BCUT2D eigenvalue weighted by Gasteiger charge is -2.28. The number of rotatable bonds is 2. The molecule has 2 aliphatic rings. The van der Waals surface area contributed by atoms with Gasteiger partial charge in [-0.2, -0.15) is 0 Å². The normalized spacial score (nSPS) is 24.0. The summed E-state index contributed by atoms with van der Waals surface area (Å²) in [5, 5.41) is 12.7. The average molecular weight is 323 g/mol. The summed E-state index contributed by atoms with van der Waals surface area (Å²) in [6, 6.07) is 5.71. The number of halogens is 1. The molecule has 0 saturated heterocycles. The van der Waals surface area contributed by atoms with Gasteiger partial charge in [0, 0.05) is 24.2 Å². The summed E-state index contributed by atoms with van der Waals surface area (Å²) in [6.45, 7) is 1.18. The Hall–Kier alpha value is -1.75. The van der Waals surface area contributed by atoms with Gasteiger partial charge in [0.2, 0.25) is 0 Å². The monoisotopic (exact) mass is 322 g/mol. The fraction of sp³-hybridized carbons (Fsp3) is 0.500. The van der Waals surface area contributed by atoms with Crippen molar-refractivity contribution in [3.05, 3.63) is 34.3 Å². The third-order valence-electron chi connectivity index (χ3n) is 4.58. The Morgan fingerprint density at radius 2 is 1.82 bits per heavy atom. The van der Waals surface area contributed by atoms with Crippen LogP contribution in [0.5, 0.6) is 0 Å². The van der Waals surface area contributed by atoms with Crippen molar-refractivity contribution in [2.24, 2.45) is 5.92 Å². The summed E-state index contributed by atoms with van der Waals surface area (Å²) >= 11 is 5.98. The third-order valence-corrected chi connectivity index (χ3v) is 4.82. The molecule has 0 aromatic heterocycles. The molecule has 2 amide bonds. The summed E-state index contributed by atoms with van der Waals surface area (Å²) in [5.41, 5.74) is 2.23. The van der Waals surface area contributed by atoms with Crippen LogP contribution < -0.4 is 5.32 Å². The van der Waals surface area contributed by atoms with Crippen LogP contribution in [0.4, 0.5) is 4.79 Å². The molecule has 1 aromatic carbocycles. The smallest absolute Gasteiger partial charge is 0.318 e. The molecule has 0 atom stereocenters. The fourth-order valence-electron chi connectivity index (χ4n) is 3.26.